The highest BCUT2D eigenvalue weighted by atomic mass is 16.6. The van der Waals surface area contributed by atoms with Crippen molar-refractivity contribution in [3.8, 4) is 17.0 Å². The Morgan fingerprint density at radius 2 is 1.83 bits per heavy atom. The summed E-state index contributed by atoms with van der Waals surface area (Å²) < 4.78 is 6.25. The highest BCUT2D eigenvalue weighted by molar-refractivity contribution is 6.02. The number of nitrogens with zero attached hydrogens (tertiary/aromatic N) is 3. The lowest BCUT2D eigenvalue weighted by Crippen LogP contribution is -2.37. The molecule has 0 radical (unpaired) electrons. The molecule has 3 rings (SSSR count). The standard InChI is InChI=1S/C21H22N4O5/c1-21(2,3)30-15(26)11-22-19(28)16-17(27)13-10-14(12-8-6-5-7-9-12)23-24-18(13)25(4)20(16)29/h5-10,27H,11H2,1-4H3,(H,22,28). The number of esters is 1. The quantitative estimate of drug-likeness (QED) is 0.628. The Labute approximate surface area is 172 Å². The van der Waals surface area contributed by atoms with E-state index in [9.17, 15) is 19.5 Å². The van der Waals surface area contributed by atoms with E-state index in [0.29, 0.717) is 5.69 Å². The number of aryl methyl sites for hydroxylation is 1. The predicted molar refractivity (Wildman–Crippen MR) is 110 cm³/mol. The first-order chi connectivity index (χ1) is 14.1. The number of benzene rings is 1. The van der Waals surface area contributed by atoms with Crippen LogP contribution in [0.3, 0.4) is 0 Å². The van der Waals surface area contributed by atoms with Gasteiger partial charge in [-0.15, -0.1) is 10.2 Å². The first-order valence-corrected chi connectivity index (χ1v) is 9.23. The summed E-state index contributed by atoms with van der Waals surface area (Å²) >= 11 is 0. The minimum atomic E-state index is -0.890. The second kappa shape index (κ2) is 7.94. The summed E-state index contributed by atoms with van der Waals surface area (Å²) in [6, 6.07) is 10.7. The molecular weight excluding hydrogens is 388 g/mol. The molecule has 156 valence electrons. The molecule has 0 unspecified atom stereocenters. The molecule has 2 heterocycles. The van der Waals surface area contributed by atoms with E-state index < -0.39 is 40.9 Å². The lowest BCUT2D eigenvalue weighted by Gasteiger charge is -2.19. The number of hydrogen-bond acceptors (Lipinski definition) is 7. The van der Waals surface area contributed by atoms with Crippen molar-refractivity contribution >= 4 is 22.9 Å². The summed E-state index contributed by atoms with van der Waals surface area (Å²) in [6.45, 7) is 4.65. The molecular formula is C21H22N4O5. The van der Waals surface area contributed by atoms with E-state index >= 15 is 0 Å². The average molecular weight is 410 g/mol. The largest absolute Gasteiger partial charge is 0.506 e. The van der Waals surface area contributed by atoms with Crippen LogP contribution in [-0.2, 0) is 16.6 Å². The van der Waals surface area contributed by atoms with E-state index in [4.69, 9.17) is 4.74 Å². The van der Waals surface area contributed by atoms with Gasteiger partial charge in [0.1, 0.15) is 23.5 Å². The zero-order chi connectivity index (χ0) is 22.1. The van der Waals surface area contributed by atoms with Gasteiger partial charge in [-0.05, 0) is 26.8 Å². The number of hydrogen-bond donors (Lipinski definition) is 2. The zero-order valence-corrected chi connectivity index (χ0v) is 17.1. The highest BCUT2D eigenvalue weighted by Gasteiger charge is 2.24. The number of ether oxygens (including phenoxy) is 1. The Balaban J connectivity index is 1.99. The molecule has 2 N–H and O–H groups in total. The van der Waals surface area contributed by atoms with Crippen molar-refractivity contribution in [1.29, 1.82) is 0 Å². The Morgan fingerprint density at radius 3 is 2.47 bits per heavy atom. The fourth-order valence-corrected chi connectivity index (χ4v) is 2.88. The third-order valence-electron chi connectivity index (χ3n) is 4.21. The third kappa shape index (κ3) is 4.29. The van der Waals surface area contributed by atoms with Crippen LogP contribution in [0.4, 0.5) is 0 Å². The number of amides is 1. The van der Waals surface area contributed by atoms with Crippen molar-refractivity contribution in [3.63, 3.8) is 0 Å². The maximum atomic E-state index is 12.6. The molecule has 1 amide bonds. The topological polar surface area (TPSA) is 123 Å². The number of pyridine rings is 1. The summed E-state index contributed by atoms with van der Waals surface area (Å²) in [7, 11) is 1.42. The molecule has 0 bridgehead atoms. The van der Waals surface area contributed by atoms with Gasteiger partial charge in [-0.3, -0.25) is 19.0 Å². The van der Waals surface area contributed by atoms with E-state index in [1.165, 1.54) is 7.05 Å². The van der Waals surface area contributed by atoms with Gasteiger partial charge in [-0.25, -0.2) is 0 Å². The second-order valence-electron chi connectivity index (χ2n) is 7.69. The predicted octanol–water partition coefficient (Wildman–Crippen LogP) is 1.77. The SMILES string of the molecule is Cn1c(=O)c(C(=O)NCC(=O)OC(C)(C)C)c(O)c2cc(-c3ccccc3)nnc21. The van der Waals surface area contributed by atoms with E-state index in [2.05, 4.69) is 15.5 Å². The molecule has 9 heteroatoms. The maximum Gasteiger partial charge on any atom is 0.325 e. The fourth-order valence-electron chi connectivity index (χ4n) is 2.88. The molecule has 1 aromatic carbocycles. The van der Waals surface area contributed by atoms with Crippen molar-refractivity contribution in [2.75, 3.05) is 6.54 Å². The molecule has 3 aromatic rings. The summed E-state index contributed by atoms with van der Waals surface area (Å²) in [5, 5.41) is 21.3. The van der Waals surface area contributed by atoms with Gasteiger partial charge in [-0.1, -0.05) is 30.3 Å². The van der Waals surface area contributed by atoms with Crippen molar-refractivity contribution < 1.29 is 19.4 Å². The van der Waals surface area contributed by atoms with Crippen molar-refractivity contribution in [1.82, 2.24) is 20.1 Å². The second-order valence-corrected chi connectivity index (χ2v) is 7.69. The summed E-state index contributed by atoms with van der Waals surface area (Å²) in [5.41, 5.74) is -0.603. The average Bonchev–Trinajstić information content (AvgIpc) is 2.70. The molecule has 0 aliphatic rings. The highest BCUT2D eigenvalue weighted by Crippen LogP contribution is 2.28. The molecule has 0 aliphatic carbocycles. The molecule has 2 aromatic heterocycles. The van der Waals surface area contributed by atoms with Crippen LogP contribution in [0, 0.1) is 0 Å². The summed E-state index contributed by atoms with van der Waals surface area (Å²) in [5.74, 6) is -2.08. The van der Waals surface area contributed by atoms with Gasteiger partial charge in [0.15, 0.2) is 5.65 Å². The number of carbonyl (C=O) groups is 2. The zero-order valence-electron chi connectivity index (χ0n) is 17.1. The van der Waals surface area contributed by atoms with Crippen LogP contribution in [0.25, 0.3) is 22.3 Å². The van der Waals surface area contributed by atoms with E-state index in [-0.39, 0.29) is 11.0 Å². The maximum absolute atomic E-state index is 12.6. The lowest BCUT2D eigenvalue weighted by atomic mass is 10.1. The van der Waals surface area contributed by atoms with E-state index in [1.807, 2.05) is 30.3 Å². The summed E-state index contributed by atoms with van der Waals surface area (Å²) in [6.07, 6.45) is 0. The normalized spacial score (nSPS) is 11.3. The molecule has 0 spiro atoms. The number of carbonyl (C=O) groups excluding carboxylic acids is 2. The van der Waals surface area contributed by atoms with Gasteiger partial charge in [0.2, 0.25) is 0 Å². The van der Waals surface area contributed by atoms with Crippen LogP contribution in [0.1, 0.15) is 31.1 Å². The van der Waals surface area contributed by atoms with Crippen LogP contribution in [0.2, 0.25) is 0 Å². The molecule has 0 aliphatic heterocycles. The van der Waals surface area contributed by atoms with Gasteiger partial charge < -0.3 is 15.2 Å². The van der Waals surface area contributed by atoms with Crippen LogP contribution in [0.15, 0.2) is 41.2 Å². The van der Waals surface area contributed by atoms with Crippen LogP contribution < -0.4 is 10.9 Å². The van der Waals surface area contributed by atoms with E-state index in [0.717, 1.165) is 10.1 Å². The van der Waals surface area contributed by atoms with Gasteiger partial charge >= 0.3 is 5.97 Å². The third-order valence-corrected chi connectivity index (χ3v) is 4.21. The minimum Gasteiger partial charge on any atom is -0.506 e. The molecule has 9 nitrogen and oxygen atoms in total. The molecule has 0 saturated carbocycles. The van der Waals surface area contributed by atoms with Crippen molar-refractivity contribution in [2.45, 2.75) is 26.4 Å². The number of fused-ring (bicyclic) bond motifs is 1. The van der Waals surface area contributed by atoms with Gasteiger partial charge in [0.05, 0.1) is 11.1 Å². The Bertz CT molecular complexity index is 1180. The van der Waals surface area contributed by atoms with Crippen LogP contribution >= 0.6 is 0 Å². The Morgan fingerprint density at radius 1 is 1.17 bits per heavy atom. The van der Waals surface area contributed by atoms with Gasteiger partial charge in [-0.2, -0.15) is 0 Å². The van der Waals surface area contributed by atoms with Gasteiger partial charge in [0, 0.05) is 12.6 Å². The monoisotopic (exact) mass is 410 g/mol. The summed E-state index contributed by atoms with van der Waals surface area (Å²) in [4.78, 5) is 37.1. The first kappa shape index (κ1) is 21.0. The Kier molecular flexibility index (Phi) is 5.55. The first-order valence-electron chi connectivity index (χ1n) is 9.23. The van der Waals surface area contributed by atoms with Crippen LogP contribution in [-0.4, -0.2) is 43.9 Å². The fraction of sp³-hybridized carbons (Fsp3) is 0.286. The number of aromatic nitrogens is 3. The molecule has 0 fully saturated rings. The smallest absolute Gasteiger partial charge is 0.325 e. The van der Waals surface area contributed by atoms with Crippen molar-refractivity contribution in [3.05, 3.63) is 52.3 Å². The number of rotatable bonds is 4. The minimum absolute atomic E-state index is 0.126. The molecule has 0 saturated heterocycles. The number of aromatic hydroxyl groups is 1. The van der Waals surface area contributed by atoms with Crippen molar-refractivity contribution in [2.24, 2.45) is 7.05 Å². The van der Waals surface area contributed by atoms with Gasteiger partial charge in [0.25, 0.3) is 11.5 Å². The van der Waals surface area contributed by atoms with E-state index in [1.54, 1.807) is 26.8 Å². The number of nitrogens with one attached hydrogen (secondary N) is 1. The Hall–Kier alpha value is -3.75. The molecule has 30 heavy (non-hydrogen) atoms. The van der Waals surface area contributed by atoms with Crippen LogP contribution in [0.5, 0.6) is 5.75 Å². The lowest BCUT2D eigenvalue weighted by molar-refractivity contribution is -0.153. The molecule has 0 atom stereocenters.